The van der Waals surface area contributed by atoms with Crippen LogP contribution in [0.1, 0.15) is 44.7 Å². The average molecular weight is 436 g/mol. The smallest absolute Gasteiger partial charge is 0.321 e. The molecule has 1 aliphatic rings. The summed E-state index contributed by atoms with van der Waals surface area (Å²) in [5.41, 5.74) is 3.70. The van der Waals surface area contributed by atoms with Crippen LogP contribution < -0.4 is 10.6 Å². The summed E-state index contributed by atoms with van der Waals surface area (Å²) in [5.74, 6) is -0.188. The Bertz CT molecular complexity index is 1080. The number of nitrogens with zero attached hydrogens (tertiary/aromatic N) is 3. The van der Waals surface area contributed by atoms with Crippen molar-refractivity contribution in [3.8, 4) is 0 Å². The number of hydrogen-bond acceptors (Lipinski definition) is 5. The van der Waals surface area contributed by atoms with Crippen LogP contribution >= 0.6 is 11.3 Å². The van der Waals surface area contributed by atoms with Crippen LogP contribution in [0.2, 0.25) is 0 Å². The number of urea groups is 1. The van der Waals surface area contributed by atoms with Crippen LogP contribution in [-0.4, -0.2) is 40.1 Å². The van der Waals surface area contributed by atoms with Gasteiger partial charge in [-0.15, -0.1) is 10.2 Å². The van der Waals surface area contributed by atoms with Gasteiger partial charge in [-0.25, -0.2) is 4.79 Å². The number of anilines is 2. The summed E-state index contributed by atoms with van der Waals surface area (Å²) in [5, 5.41) is 15.3. The Labute approximate surface area is 185 Å². The van der Waals surface area contributed by atoms with Crippen LogP contribution in [-0.2, 0) is 0 Å². The first-order valence-corrected chi connectivity index (χ1v) is 11.1. The maximum atomic E-state index is 12.8. The Balaban J connectivity index is 1.39. The van der Waals surface area contributed by atoms with E-state index in [0.717, 1.165) is 40.4 Å². The van der Waals surface area contributed by atoms with E-state index in [9.17, 15) is 9.59 Å². The molecule has 0 aliphatic carbocycles. The molecule has 2 heterocycles. The molecule has 1 fully saturated rings. The van der Waals surface area contributed by atoms with Crippen molar-refractivity contribution in [2.45, 2.75) is 32.6 Å². The summed E-state index contributed by atoms with van der Waals surface area (Å²) in [6.07, 6.45) is 1.80. The zero-order valence-electron chi connectivity index (χ0n) is 17.6. The van der Waals surface area contributed by atoms with Crippen molar-refractivity contribution < 1.29 is 9.59 Å². The molecule has 1 aromatic heterocycles. The molecule has 3 aromatic rings. The van der Waals surface area contributed by atoms with Crippen molar-refractivity contribution in [1.82, 2.24) is 15.1 Å². The van der Waals surface area contributed by atoms with Crippen molar-refractivity contribution >= 4 is 34.6 Å². The molecule has 7 nitrogen and oxygen atoms in total. The van der Waals surface area contributed by atoms with E-state index in [0.29, 0.717) is 18.1 Å². The van der Waals surface area contributed by atoms with E-state index in [1.54, 1.807) is 0 Å². The lowest BCUT2D eigenvalue weighted by atomic mass is 9.99. The predicted octanol–water partition coefficient (Wildman–Crippen LogP) is 4.82. The summed E-state index contributed by atoms with van der Waals surface area (Å²) < 4.78 is 0. The van der Waals surface area contributed by atoms with E-state index in [4.69, 9.17) is 0 Å². The molecule has 1 saturated heterocycles. The number of carbonyl (C=O) groups is 2. The summed E-state index contributed by atoms with van der Waals surface area (Å²) in [4.78, 5) is 27.1. The van der Waals surface area contributed by atoms with Gasteiger partial charge in [0, 0.05) is 30.4 Å². The van der Waals surface area contributed by atoms with Gasteiger partial charge in [0.25, 0.3) is 5.91 Å². The Morgan fingerprint density at radius 3 is 2.58 bits per heavy atom. The SMILES string of the molecule is Cc1ccc(NC(=O)c2nnc([C@@H]3CCCN(C(=O)Nc4ccccc4C)C3)s2)cc1. The number of piperidine rings is 1. The number of likely N-dealkylation sites (tertiary alicyclic amines) is 1. The van der Waals surface area contributed by atoms with Crippen LogP contribution in [0.4, 0.5) is 16.2 Å². The highest BCUT2D eigenvalue weighted by Crippen LogP contribution is 2.30. The number of hydrogen-bond donors (Lipinski definition) is 2. The number of amides is 3. The van der Waals surface area contributed by atoms with Crippen LogP contribution in [0.25, 0.3) is 0 Å². The van der Waals surface area contributed by atoms with Crippen LogP contribution in [0.15, 0.2) is 48.5 Å². The van der Waals surface area contributed by atoms with Gasteiger partial charge in [0.2, 0.25) is 5.01 Å². The maximum absolute atomic E-state index is 12.8. The molecule has 8 heteroatoms. The van der Waals surface area contributed by atoms with Crippen LogP contribution in [0, 0.1) is 13.8 Å². The van der Waals surface area contributed by atoms with Gasteiger partial charge >= 0.3 is 6.03 Å². The van der Waals surface area contributed by atoms with E-state index >= 15 is 0 Å². The van der Waals surface area contributed by atoms with Gasteiger partial charge in [0.05, 0.1) is 0 Å². The third-order valence-electron chi connectivity index (χ3n) is 5.39. The van der Waals surface area contributed by atoms with Crippen LogP contribution in [0.3, 0.4) is 0 Å². The van der Waals surface area contributed by atoms with Crippen LogP contribution in [0.5, 0.6) is 0 Å². The highest BCUT2D eigenvalue weighted by atomic mass is 32.1. The zero-order valence-corrected chi connectivity index (χ0v) is 18.4. The third-order valence-corrected chi connectivity index (χ3v) is 6.47. The minimum Gasteiger partial charge on any atom is -0.324 e. The molecular weight excluding hydrogens is 410 g/mol. The second-order valence-electron chi connectivity index (χ2n) is 7.80. The molecule has 2 N–H and O–H groups in total. The van der Waals surface area contributed by atoms with Crippen molar-refractivity contribution in [2.24, 2.45) is 0 Å². The first-order chi connectivity index (χ1) is 15.0. The monoisotopic (exact) mass is 435 g/mol. The number of carbonyl (C=O) groups excluding carboxylic acids is 2. The highest BCUT2D eigenvalue weighted by molar-refractivity contribution is 7.13. The number of aryl methyl sites for hydroxylation is 2. The Morgan fingerprint density at radius 1 is 1.03 bits per heavy atom. The Hall–Kier alpha value is -3.26. The second kappa shape index (κ2) is 9.26. The first kappa shape index (κ1) is 21.0. The van der Waals surface area contributed by atoms with Gasteiger partial charge in [-0.1, -0.05) is 47.2 Å². The van der Waals surface area contributed by atoms with Gasteiger partial charge in [0.1, 0.15) is 5.01 Å². The summed E-state index contributed by atoms with van der Waals surface area (Å²) in [7, 11) is 0. The molecule has 0 saturated carbocycles. The van der Waals surface area contributed by atoms with Gasteiger partial charge in [-0.3, -0.25) is 4.79 Å². The number of aromatic nitrogens is 2. The fraction of sp³-hybridized carbons (Fsp3) is 0.304. The first-order valence-electron chi connectivity index (χ1n) is 10.3. The largest absolute Gasteiger partial charge is 0.324 e. The fourth-order valence-corrected chi connectivity index (χ4v) is 4.45. The zero-order chi connectivity index (χ0) is 21.8. The lowest BCUT2D eigenvalue weighted by Crippen LogP contribution is -2.41. The fourth-order valence-electron chi connectivity index (χ4n) is 3.58. The van der Waals surface area contributed by atoms with E-state index in [-0.39, 0.29) is 17.9 Å². The summed E-state index contributed by atoms with van der Waals surface area (Å²) >= 11 is 1.30. The van der Waals surface area contributed by atoms with E-state index in [2.05, 4.69) is 20.8 Å². The molecule has 0 spiro atoms. The standard InChI is InChI=1S/C23H25N5O2S/c1-15-9-11-18(12-10-15)24-20(29)22-27-26-21(31-22)17-7-5-13-28(14-17)23(30)25-19-8-4-3-6-16(19)2/h3-4,6,8-12,17H,5,7,13-14H2,1-2H3,(H,24,29)(H,25,30)/t17-/m1/s1. The average Bonchev–Trinajstić information content (AvgIpc) is 3.28. The van der Waals surface area contributed by atoms with Crippen molar-refractivity contribution in [3.05, 3.63) is 69.7 Å². The minimum atomic E-state index is -0.266. The van der Waals surface area contributed by atoms with E-state index in [1.807, 2.05) is 67.3 Å². The normalized spacial score (nSPS) is 16.1. The summed E-state index contributed by atoms with van der Waals surface area (Å²) in [6.45, 7) is 5.23. The number of benzene rings is 2. The Kier molecular flexibility index (Phi) is 6.27. The van der Waals surface area contributed by atoms with Crippen molar-refractivity contribution in [3.63, 3.8) is 0 Å². The number of nitrogens with one attached hydrogen (secondary N) is 2. The molecule has 0 radical (unpaired) electrons. The lowest BCUT2D eigenvalue weighted by Gasteiger charge is -2.31. The van der Waals surface area contributed by atoms with E-state index in [1.165, 1.54) is 11.3 Å². The molecule has 3 amide bonds. The molecule has 0 unspecified atom stereocenters. The summed E-state index contributed by atoms with van der Waals surface area (Å²) in [6, 6.07) is 15.2. The Morgan fingerprint density at radius 2 is 1.81 bits per heavy atom. The van der Waals surface area contributed by atoms with Crippen molar-refractivity contribution in [2.75, 3.05) is 23.7 Å². The quantitative estimate of drug-likeness (QED) is 0.615. The highest BCUT2D eigenvalue weighted by Gasteiger charge is 2.28. The molecule has 0 bridgehead atoms. The molecule has 4 rings (SSSR count). The third kappa shape index (κ3) is 5.08. The molecule has 1 atom stereocenters. The van der Waals surface area contributed by atoms with Crippen molar-refractivity contribution in [1.29, 1.82) is 0 Å². The maximum Gasteiger partial charge on any atom is 0.321 e. The van der Waals surface area contributed by atoms with Gasteiger partial charge in [-0.05, 0) is 50.5 Å². The number of para-hydroxylation sites is 1. The molecule has 2 aromatic carbocycles. The topological polar surface area (TPSA) is 87.2 Å². The minimum absolute atomic E-state index is 0.0785. The van der Waals surface area contributed by atoms with Gasteiger partial charge < -0.3 is 15.5 Å². The second-order valence-corrected chi connectivity index (χ2v) is 8.80. The molecule has 160 valence electrons. The van der Waals surface area contributed by atoms with E-state index < -0.39 is 0 Å². The lowest BCUT2D eigenvalue weighted by molar-refractivity contribution is 0.102. The molecule has 31 heavy (non-hydrogen) atoms. The number of rotatable bonds is 4. The molecular formula is C23H25N5O2S. The molecule has 1 aliphatic heterocycles. The van der Waals surface area contributed by atoms with Gasteiger partial charge in [-0.2, -0.15) is 0 Å². The van der Waals surface area contributed by atoms with Gasteiger partial charge in [0.15, 0.2) is 0 Å². The predicted molar refractivity (Wildman–Crippen MR) is 123 cm³/mol.